The van der Waals surface area contributed by atoms with Crippen LogP contribution >= 0.6 is 0 Å². The highest BCUT2D eigenvalue weighted by molar-refractivity contribution is 5.95. The molecule has 6 nitrogen and oxygen atoms in total. The number of carbonyl (C=O) groups excluding carboxylic acids is 1. The second-order valence-corrected chi connectivity index (χ2v) is 4.17. The van der Waals surface area contributed by atoms with Crippen molar-refractivity contribution < 1.29 is 4.79 Å². The quantitative estimate of drug-likeness (QED) is 0.670. The van der Waals surface area contributed by atoms with Crippen molar-refractivity contribution in [3.8, 4) is 11.4 Å². The van der Waals surface area contributed by atoms with E-state index >= 15 is 0 Å². The Morgan fingerprint density at radius 3 is 2.70 bits per heavy atom. The van der Waals surface area contributed by atoms with E-state index in [0.29, 0.717) is 11.4 Å². The fourth-order valence-electron chi connectivity index (χ4n) is 1.76. The van der Waals surface area contributed by atoms with Crippen LogP contribution < -0.4 is 0 Å². The number of benzene rings is 1. The summed E-state index contributed by atoms with van der Waals surface area (Å²) in [5.41, 5.74) is 1.40. The van der Waals surface area contributed by atoms with E-state index in [2.05, 4.69) is 20.4 Å². The summed E-state index contributed by atoms with van der Waals surface area (Å²) in [6.45, 7) is 0.0667. The van der Waals surface area contributed by atoms with Gasteiger partial charge in [-0.1, -0.05) is 30.3 Å². The molecule has 0 aliphatic heterocycles. The Kier molecular flexibility index (Phi) is 3.28. The first-order valence-electron chi connectivity index (χ1n) is 6.09. The molecule has 98 valence electrons. The summed E-state index contributed by atoms with van der Waals surface area (Å²) in [4.78, 5) is 17.3. The number of hydrogen-bond acceptors (Lipinski definition) is 5. The maximum absolute atomic E-state index is 12.0. The lowest BCUT2D eigenvalue weighted by molar-refractivity contribution is 0.0961. The zero-order valence-electron chi connectivity index (χ0n) is 10.5. The van der Waals surface area contributed by atoms with Crippen LogP contribution in [0.5, 0.6) is 0 Å². The molecule has 3 aromatic rings. The van der Waals surface area contributed by atoms with Crippen LogP contribution in [0.1, 0.15) is 10.4 Å². The minimum Gasteiger partial charge on any atom is -0.292 e. The third-order valence-electron chi connectivity index (χ3n) is 2.75. The molecule has 2 heterocycles. The number of nitrogens with zero attached hydrogens (tertiary/aromatic N) is 5. The molecular formula is C14H11N5O. The summed E-state index contributed by atoms with van der Waals surface area (Å²) in [7, 11) is 0. The van der Waals surface area contributed by atoms with E-state index in [1.54, 1.807) is 30.6 Å². The van der Waals surface area contributed by atoms with Gasteiger partial charge in [-0.05, 0) is 17.3 Å². The van der Waals surface area contributed by atoms with Gasteiger partial charge in [0.1, 0.15) is 6.54 Å². The molecule has 0 radical (unpaired) electrons. The van der Waals surface area contributed by atoms with E-state index in [4.69, 9.17) is 0 Å². The maximum atomic E-state index is 12.0. The van der Waals surface area contributed by atoms with Crippen LogP contribution in [-0.4, -0.2) is 31.0 Å². The Hall–Kier alpha value is -2.89. The van der Waals surface area contributed by atoms with Crippen molar-refractivity contribution in [1.29, 1.82) is 0 Å². The number of tetrazole rings is 1. The molecule has 0 atom stereocenters. The van der Waals surface area contributed by atoms with Crippen molar-refractivity contribution in [3.05, 3.63) is 60.4 Å². The van der Waals surface area contributed by atoms with Crippen LogP contribution in [0.25, 0.3) is 11.4 Å². The highest BCUT2D eigenvalue weighted by atomic mass is 16.1. The lowest BCUT2D eigenvalue weighted by atomic mass is 10.1. The molecule has 0 aliphatic rings. The molecule has 0 aliphatic carbocycles. The molecule has 0 unspecified atom stereocenters. The van der Waals surface area contributed by atoms with Crippen molar-refractivity contribution in [3.63, 3.8) is 0 Å². The van der Waals surface area contributed by atoms with E-state index in [1.807, 2.05) is 24.3 Å². The van der Waals surface area contributed by atoms with Gasteiger partial charge in [0.15, 0.2) is 5.78 Å². The molecule has 0 saturated heterocycles. The predicted octanol–water partition coefficient (Wildman–Crippen LogP) is 1.62. The highest BCUT2D eigenvalue weighted by Gasteiger charge is 2.10. The van der Waals surface area contributed by atoms with Crippen LogP contribution in [0.3, 0.4) is 0 Å². The van der Waals surface area contributed by atoms with Crippen LogP contribution in [-0.2, 0) is 6.54 Å². The van der Waals surface area contributed by atoms with E-state index in [9.17, 15) is 4.79 Å². The molecule has 6 heteroatoms. The number of aromatic nitrogens is 5. The fourth-order valence-corrected chi connectivity index (χ4v) is 1.76. The fraction of sp³-hybridized carbons (Fsp3) is 0.0714. The highest BCUT2D eigenvalue weighted by Crippen LogP contribution is 2.10. The van der Waals surface area contributed by atoms with Crippen LogP contribution in [0.4, 0.5) is 0 Å². The van der Waals surface area contributed by atoms with Crippen molar-refractivity contribution >= 4 is 5.78 Å². The summed E-state index contributed by atoms with van der Waals surface area (Å²) in [5, 5.41) is 12.0. The second-order valence-electron chi connectivity index (χ2n) is 4.17. The first-order valence-corrected chi connectivity index (χ1v) is 6.09. The molecule has 0 amide bonds. The first kappa shape index (κ1) is 12.2. The Morgan fingerprint density at radius 1 is 1.10 bits per heavy atom. The van der Waals surface area contributed by atoms with E-state index in [0.717, 1.165) is 5.56 Å². The Balaban J connectivity index is 1.77. The van der Waals surface area contributed by atoms with Gasteiger partial charge in [0.25, 0.3) is 0 Å². The standard InChI is InChI=1S/C14H11N5O/c20-13(11-5-2-1-3-6-11)10-19-17-14(16-18-19)12-7-4-8-15-9-12/h1-9H,10H2. The number of ketones is 1. The lowest BCUT2D eigenvalue weighted by Gasteiger charge is -1.98. The van der Waals surface area contributed by atoms with Gasteiger partial charge in [-0.3, -0.25) is 9.78 Å². The smallest absolute Gasteiger partial charge is 0.206 e. The van der Waals surface area contributed by atoms with E-state index in [1.165, 1.54) is 4.80 Å². The minimum absolute atomic E-state index is 0.0549. The number of hydrogen-bond donors (Lipinski definition) is 0. The largest absolute Gasteiger partial charge is 0.292 e. The Morgan fingerprint density at radius 2 is 1.95 bits per heavy atom. The summed E-state index contributed by atoms with van der Waals surface area (Å²) in [6, 6.07) is 12.7. The number of Topliss-reactive ketones (excluding diaryl/α,β-unsaturated/α-hetero) is 1. The number of rotatable bonds is 4. The van der Waals surface area contributed by atoms with Gasteiger partial charge in [0.05, 0.1) is 0 Å². The van der Waals surface area contributed by atoms with Crippen molar-refractivity contribution in [2.24, 2.45) is 0 Å². The van der Waals surface area contributed by atoms with Gasteiger partial charge in [-0.2, -0.15) is 4.80 Å². The molecule has 3 rings (SSSR count). The minimum atomic E-state index is -0.0549. The molecule has 0 spiro atoms. The average molecular weight is 265 g/mol. The van der Waals surface area contributed by atoms with E-state index < -0.39 is 0 Å². The zero-order chi connectivity index (χ0) is 13.8. The van der Waals surface area contributed by atoms with Crippen molar-refractivity contribution in [2.45, 2.75) is 6.54 Å². The molecule has 0 bridgehead atoms. The Labute approximate surface area is 115 Å². The van der Waals surface area contributed by atoms with Gasteiger partial charge in [0, 0.05) is 23.5 Å². The van der Waals surface area contributed by atoms with Crippen LogP contribution in [0.2, 0.25) is 0 Å². The lowest BCUT2D eigenvalue weighted by Crippen LogP contribution is -2.13. The SMILES string of the molecule is O=C(Cn1nnc(-c2cccnc2)n1)c1ccccc1. The first-order chi connectivity index (χ1) is 9.83. The van der Waals surface area contributed by atoms with Crippen molar-refractivity contribution in [1.82, 2.24) is 25.2 Å². The van der Waals surface area contributed by atoms with Crippen molar-refractivity contribution in [2.75, 3.05) is 0 Å². The molecule has 0 saturated carbocycles. The molecule has 0 fully saturated rings. The Bertz CT molecular complexity index is 709. The predicted molar refractivity (Wildman–Crippen MR) is 71.8 cm³/mol. The number of pyridine rings is 1. The third-order valence-corrected chi connectivity index (χ3v) is 2.75. The van der Waals surface area contributed by atoms with E-state index in [-0.39, 0.29) is 12.3 Å². The molecule has 20 heavy (non-hydrogen) atoms. The summed E-state index contributed by atoms with van der Waals surface area (Å²) < 4.78 is 0. The van der Waals surface area contributed by atoms with Gasteiger partial charge >= 0.3 is 0 Å². The van der Waals surface area contributed by atoms with Crippen LogP contribution in [0, 0.1) is 0 Å². The van der Waals surface area contributed by atoms with Gasteiger partial charge in [-0.25, -0.2) is 0 Å². The molecule has 2 aromatic heterocycles. The monoisotopic (exact) mass is 265 g/mol. The summed E-state index contributed by atoms with van der Waals surface area (Å²) in [6.07, 6.45) is 3.33. The topological polar surface area (TPSA) is 73.6 Å². The molecular weight excluding hydrogens is 254 g/mol. The van der Waals surface area contributed by atoms with Gasteiger partial charge in [-0.15, -0.1) is 10.2 Å². The molecule has 0 N–H and O–H groups in total. The zero-order valence-corrected chi connectivity index (χ0v) is 10.5. The average Bonchev–Trinajstić information content (AvgIpc) is 2.97. The maximum Gasteiger partial charge on any atom is 0.206 e. The summed E-state index contributed by atoms with van der Waals surface area (Å²) >= 11 is 0. The van der Waals surface area contributed by atoms with Crippen LogP contribution in [0.15, 0.2) is 54.9 Å². The van der Waals surface area contributed by atoms with Gasteiger partial charge in [0.2, 0.25) is 5.82 Å². The number of carbonyl (C=O) groups is 1. The second kappa shape index (κ2) is 5.40. The third kappa shape index (κ3) is 2.59. The molecule has 1 aromatic carbocycles. The summed E-state index contributed by atoms with van der Waals surface area (Å²) in [5.74, 6) is 0.402. The normalized spacial score (nSPS) is 10.4. The van der Waals surface area contributed by atoms with Gasteiger partial charge < -0.3 is 0 Å².